The first-order chi connectivity index (χ1) is 13.0. The van der Waals surface area contributed by atoms with Crippen molar-refractivity contribution >= 4 is 45.5 Å². The summed E-state index contributed by atoms with van der Waals surface area (Å²) in [6.45, 7) is 1.94. The van der Waals surface area contributed by atoms with Crippen LogP contribution < -0.4 is 15.4 Å². The first-order valence-corrected chi connectivity index (χ1v) is 9.77. The summed E-state index contributed by atoms with van der Waals surface area (Å²) in [5.41, 5.74) is 1.98. The molecule has 0 bridgehead atoms. The van der Waals surface area contributed by atoms with Gasteiger partial charge in [0.05, 0.1) is 24.2 Å². The van der Waals surface area contributed by atoms with Crippen molar-refractivity contribution in [3.8, 4) is 5.75 Å². The number of rotatable bonds is 7. The van der Waals surface area contributed by atoms with Gasteiger partial charge >= 0.3 is 0 Å². The van der Waals surface area contributed by atoms with Gasteiger partial charge in [-0.2, -0.15) is 0 Å². The van der Waals surface area contributed by atoms with Crippen LogP contribution in [0.5, 0.6) is 5.75 Å². The van der Waals surface area contributed by atoms with Gasteiger partial charge in [-0.1, -0.05) is 41.3 Å². The highest BCUT2D eigenvalue weighted by Gasteiger charge is 2.12. The molecule has 1 aromatic heterocycles. The van der Waals surface area contributed by atoms with Gasteiger partial charge in [-0.3, -0.25) is 4.79 Å². The zero-order valence-corrected chi connectivity index (χ0v) is 16.3. The number of nitrogens with zero attached hydrogens (tertiary/aromatic N) is 2. The van der Waals surface area contributed by atoms with E-state index in [0.29, 0.717) is 26.6 Å². The molecule has 0 aliphatic carbocycles. The molecule has 0 aliphatic heterocycles. The van der Waals surface area contributed by atoms with Crippen molar-refractivity contribution in [3.63, 3.8) is 0 Å². The Labute approximate surface area is 164 Å². The number of thioether (sulfide) groups is 1. The van der Waals surface area contributed by atoms with Gasteiger partial charge in [0.15, 0.2) is 4.34 Å². The number of aryl methyl sites for hydroxylation is 1. The molecule has 27 heavy (non-hydrogen) atoms. The van der Waals surface area contributed by atoms with Crippen LogP contribution in [0, 0.1) is 12.7 Å². The van der Waals surface area contributed by atoms with Gasteiger partial charge in [-0.05, 0) is 36.8 Å². The van der Waals surface area contributed by atoms with E-state index in [4.69, 9.17) is 4.74 Å². The second kappa shape index (κ2) is 8.83. The van der Waals surface area contributed by atoms with Crippen LogP contribution in [-0.2, 0) is 4.79 Å². The van der Waals surface area contributed by atoms with Crippen LogP contribution >= 0.6 is 23.1 Å². The average molecular weight is 404 g/mol. The van der Waals surface area contributed by atoms with E-state index < -0.39 is 0 Å². The molecule has 1 heterocycles. The first kappa shape index (κ1) is 19.1. The van der Waals surface area contributed by atoms with Crippen LogP contribution in [0.25, 0.3) is 0 Å². The minimum Gasteiger partial charge on any atom is -0.495 e. The Morgan fingerprint density at radius 1 is 1.22 bits per heavy atom. The molecule has 9 heteroatoms. The number of anilines is 3. The van der Waals surface area contributed by atoms with E-state index in [-0.39, 0.29) is 17.5 Å². The third-order valence-electron chi connectivity index (χ3n) is 3.48. The maximum absolute atomic E-state index is 13.7. The number of carbonyl (C=O) groups excluding carboxylic acids is 1. The summed E-state index contributed by atoms with van der Waals surface area (Å²) in [6.07, 6.45) is 0. The molecule has 0 spiro atoms. The Morgan fingerprint density at radius 3 is 2.81 bits per heavy atom. The third-order valence-corrected chi connectivity index (χ3v) is 5.45. The monoisotopic (exact) mass is 404 g/mol. The normalized spacial score (nSPS) is 10.5. The van der Waals surface area contributed by atoms with Gasteiger partial charge < -0.3 is 15.4 Å². The first-order valence-electron chi connectivity index (χ1n) is 7.97. The van der Waals surface area contributed by atoms with Crippen molar-refractivity contribution in [2.24, 2.45) is 0 Å². The number of halogens is 1. The molecule has 0 radical (unpaired) electrons. The molecule has 2 N–H and O–H groups in total. The van der Waals surface area contributed by atoms with Crippen LogP contribution in [0.15, 0.2) is 46.8 Å². The summed E-state index contributed by atoms with van der Waals surface area (Å²) >= 11 is 2.51. The zero-order valence-electron chi connectivity index (χ0n) is 14.7. The molecule has 0 saturated carbocycles. The number of carbonyl (C=O) groups is 1. The standard InChI is InChI=1S/C18H17FN4O2S2/c1-11-7-8-15(25-2)14(9-11)20-16(24)10-26-18-23-22-17(27-18)21-13-6-4-3-5-12(13)19/h3-9H,10H2,1-2H3,(H,20,24)(H,21,22). The topological polar surface area (TPSA) is 76.1 Å². The number of amides is 1. The van der Waals surface area contributed by atoms with E-state index in [1.165, 1.54) is 29.2 Å². The molecule has 0 saturated heterocycles. The molecular formula is C18H17FN4O2S2. The maximum Gasteiger partial charge on any atom is 0.234 e. The number of nitrogens with one attached hydrogen (secondary N) is 2. The summed E-state index contributed by atoms with van der Waals surface area (Å²) < 4.78 is 19.5. The molecule has 3 rings (SSSR count). The molecule has 0 atom stereocenters. The largest absolute Gasteiger partial charge is 0.495 e. The van der Waals surface area contributed by atoms with E-state index >= 15 is 0 Å². The Balaban J connectivity index is 1.56. The Morgan fingerprint density at radius 2 is 2.04 bits per heavy atom. The van der Waals surface area contributed by atoms with Crippen molar-refractivity contribution in [1.29, 1.82) is 0 Å². The quantitative estimate of drug-likeness (QED) is 0.566. The molecule has 0 fully saturated rings. The summed E-state index contributed by atoms with van der Waals surface area (Å²) in [6, 6.07) is 11.9. The number of benzene rings is 2. The number of para-hydroxylation sites is 1. The number of hydrogen-bond acceptors (Lipinski definition) is 7. The lowest BCUT2D eigenvalue weighted by Crippen LogP contribution is -2.14. The number of methoxy groups -OCH3 is 1. The molecule has 0 aliphatic rings. The highest BCUT2D eigenvalue weighted by atomic mass is 32.2. The van der Waals surface area contributed by atoms with Crippen LogP contribution in [0.2, 0.25) is 0 Å². The van der Waals surface area contributed by atoms with Crippen LogP contribution in [0.1, 0.15) is 5.56 Å². The van der Waals surface area contributed by atoms with Gasteiger partial charge in [-0.25, -0.2) is 4.39 Å². The van der Waals surface area contributed by atoms with Crippen molar-refractivity contribution in [3.05, 3.63) is 53.8 Å². The number of ether oxygens (including phenoxy) is 1. The highest BCUT2D eigenvalue weighted by molar-refractivity contribution is 8.01. The second-order valence-corrected chi connectivity index (χ2v) is 7.72. The van der Waals surface area contributed by atoms with Gasteiger partial charge in [0, 0.05) is 0 Å². The number of aromatic nitrogens is 2. The smallest absolute Gasteiger partial charge is 0.234 e. The zero-order chi connectivity index (χ0) is 19.2. The molecule has 0 unspecified atom stereocenters. The second-order valence-electron chi connectivity index (χ2n) is 5.52. The van der Waals surface area contributed by atoms with Crippen LogP contribution in [-0.4, -0.2) is 29.0 Å². The van der Waals surface area contributed by atoms with Crippen molar-refractivity contribution in [2.75, 3.05) is 23.5 Å². The molecular weight excluding hydrogens is 387 g/mol. The Bertz CT molecular complexity index is 949. The Hall–Kier alpha value is -2.65. The van der Waals surface area contributed by atoms with Crippen molar-refractivity contribution in [2.45, 2.75) is 11.3 Å². The minimum atomic E-state index is -0.367. The lowest BCUT2D eigenvalue weighted by Gasteiger charge is -2.10. The molecule has 6 nitrogen and oxygen atoms in total. The summed E-state index contributed by atoms with van der Waals surface area (Å²) in [5, 5.41) is 14.2. The fourth-order valence-corrected chi connectivity index (χ4v) is 3.79. The molecule has 1 amide bonds. The minimum absolute atomic E-state index is 0.172. The summed E-state index contributed by atoms with van der Waals surface area (Å²) in [7, 11) is 1.56. The lowest BCUT2D eigenvalue weighted by atomic mass is 10.2. The predicted octanol–water partition coefficient (Wildman–Crippen LogP) is 4.47. The van der Waals surface area contributed by atoms with Crippen molar-refractivity contribution < 1.29 is 13.9 Å². The maximum atomic E-state index is 13.7. The fourth-order valence-electron chi connectivity index (χ4n) is 2.23. The summed E-state index contributed by atoms with van der Waals surface area (Å²) in [5.74, 6) is 0.230. The van der Waals surface area contributed by atoms with Crippen molar-refractivity contribution in [1.82, 2.24) is 10.2 Å². The van der Waals surface area contributed by atoms with Gasteiger partial charge in [0.25, 0.3) is 0 Å². The van der Waals surface area contributed by atoms with E-state index in [2.05, 4.69) is 20.8 Å². The Kier molecular flexibility index (Phi) is 6.25. The fraction of sp³-hybridized carbons (Fsp3) is 0.167. The lowest BCUT2D eigenvalue weighted by molar-refractivity contribution is -0.113. The number of hydrogen-bond donors (Lipinski definition) is 2. The van der Waals surface area contributed by atoms with Crippen LogP contribution in [0.4, 0.5) is 20.9 Å². The molecule has 3 aromatic rings. The predicted molar refractivity (Wildman–Crippen MR) is 107 cm³/mol. The van der Waals surface area contributed by atoms with E-state index in [0.717, 1.165) is 5.56 Å². The van der Waals surface area contributed by atoms with E-state index in [1.54, 1.807) is 25.3 Å². The third kappa shape index (κ3) is 5.18. The van der Waals surface area contributed by atoms with E-state index in [9.17, 15) is 9.18 Å². The van der Waals surface area contributed by atoms with Gasteiger partial charge in [0.1, 0.15) is 11.6 Å². The SMILES string of the molecule is COc1ccc(C)cc1NC(=O)CSc1nnc(Nc2ccccc2F)s1. The summed E-state index contributed by atoms with van der Waals surface area (Å²) in [4.78, 5) is 12.2. The van der Waals surface area contributed by atoms with Gasteiger partial charge in [0.2, 0.25) is 11.0 Å². The average Bonchev–Trinajstić information content (AvgIpc) is 3.10. The highest BCUT2D eigenvalue weighted by Crippen LogP contribution is 2.29. The van der Waals surface area contributed by atoms with E-state index in [1.807, 2.05) is 25.1 Å². The molecule has 140 valence electrons. The van der Waals surface area contributed by atoms with Gasteiger partial charge in [-0.15, -0.1) is 10.2 Å². The van der Waals surface area contributed by atoms with Crippen LogP contribution in [0.3, 0.4) is 0 Å². The molecule has 2 aromatic carbocycles.